The van der Waals surface area contributed by atoms with Gasteiger partial charge in [0, 0.05) is 22.6 Å². The number of benzene rings is 1. The van der Waals surface area contributed by atoms with Gasteiger partial charge in [0.25, 0.3) is 0 Å². The van der Waals surface area contributed by atoms with E-state index in [4.69, 9.17) is 9.47 Å². The van der Waals surface area contributed by atoms with Crippen LogP contribution in [0.2, 0.25) is 0 Å². The molecule has 1 aromatic heterocycles. The molecule has 2 bridgehead atoms. The van der Waals surface area contributed by atoms with Gasteiger partial charge in [0.05, 0.1) is 18.5 Å². The van der Waals surface area contributed by atoms with Crippen LogP contribution in [0.4, 0.5) is 0 Å². The molecule has 1 saturated heterocycles. The third-order valence-corrected chi connectivity index (χ3v) is 7.60. The lowest BCUT2D eigenvalue weighted by atomic mass is 9.51. The predicted octanol–water partition coefficient (Wildman–Crippen LogP) is 2.78. The van der Waals surface area contributed by atoms with Crippen LogP contribution in [0.3, 0.4) is 0 Å². The van der Waals surface area contributed by atoms with Gasteiger partial charge in [0.2, 0.25) is 0 Å². The number of aromatic amines is 1. The summed E-state index contributed by atoms with van der Waals surface area (Å²) in [5.74, 6) is 2.45. The van der Waals surface area contributed by atoms with Gasteiger partial charge >= 0.3 is 0 Å². The van der Waals surface area contributed by atoms with Crippen LogP contribution < -0.4 is 9.47 Å². The van der Waals surface area contributed by atoms with E-state index in [1.54, 1.807) is 7.11 Å². The molecule has 6 rings (SSSR count). The van der Waals surface area contributed by atoms with Crippen LogP contribution >= 0.6 is 0 Å². The fraction of sp³-hybridized carbons (Fsp3) is 0.571. The van der Waals surface area contributed by atoms with Gasteiger partial charge in [-0.15, -0.1) is 0 Å². The first kappa shape index (κ1) is 15.1. The summed E-state index contributed by atoms with van der Waals surface area (Å²) in [5, 5.41) is 8.01. The average Bonchev–Trinajstić information content (AvgIpc) is 3.21. The molecule has 1 fully saturated rings. The van der Waals surface area contributed by atoms with Crippen molar-refractivity contribution in [2.45, 2.75) is 50.2 Å². The minimum atomic E-state index is 0.0469. The number of hydrogen-bond donors (Lipinski definition) is 1. The highest BCUT2D eigenvalue weighted by molar-refractivity contribution is 5.62. The van der Waals surface area contributed by atoms with E-state index in [2.05, 4.69) is 41.2 Å². The topological polar surface area (TPSA) is 50.4 Å². The molecule has 0 radical (unpaired) electrons. The summed E-state index contributed by atoms with van der Waals surface area (Å²) >= 11 is 0. The number of aromatic nitrogens is 2. The number of rotatable bonds is 2. The summed E-state index contributed by atoms with van der Waals surface area (Å²) in [6.07, 6.45) is 4.38. The van der Waals surface area contributed by atoms with Gasteiger partial charge in [-0.2, -0.15) is 5.10 Å². The van der Waals surface area contributed by atoms with E-state index in [0.717, 1.165) is 43.7 Å². The Kier molecular flexibility index (Phi) is 2.80. The van der Waals surface area contributed by atoms with Gasteiger partial charge in [0.1, 0.15) is 0 Å². The number of piperidine rings is 1. The van der Waals surface area contributed by atoms with E-state index in [1.807, 2.05) is 0 Å². The molecule has 26 heavy (non-hydrogen) atoms. The molecule has 0 amide bonds. The number of methoxy groups -OCH3 is 1. The molecule has 4 aliphatic rings. The van der Waals surface area contributed by atoms with Crippen molar-refractivity contribution in [2.24, 2.45) is 5.92 Å². The van der Waals surface area contributed by atoms with E-state index < -0.39 is 0 Å². The first-order chi connectivity index (χ1) is 12.7. The largest absolute Gasteiger partial charge is 0.493 e. The maximum atomic E-state index is 6.71. The van der Waals surface area contributed by atoms with Crippen molar-refractivity contribution in [1.82, 2.24) is 15.1 Å². The molecule has 4 atom stereocenters. The number of likely N-dealkylation sites (N-methyl/N-ethyl adjacent to an activating group) is 1. The highest BCUT2D eigenvalue weighted by atomic mass is 16.5. The summed E-state index contributed by atoms with van der Waals surface area (Å²) < 4.78 is 12.4. The third kappa shape index (κ3) is 1.51. The molecule has 1 aromatic carbocycles. The van der Waals surface area contributed by atoms with Crippen molar-refractivity contribution in [2.75, 3.05) is 20.7 Å². The Morgan fingerprint density at radius 3 is 3.08 bits per heavy atom. The van der Waals surface area contributed by atoms with Crippen LogP contribution in [-0.2, 0) is 24.7 Å². The monoisotopic (exact) mass is 351 g/mol. The maximum absolute atomic E-state index is 6.71. The molecule has 3 heterocycles. The van der Waals surface area contributed by atoms with Crippen molar-refractivity contribution < 1.29 is 9.47 Å². The first-order valence-corrected chi connectivity index (χ1v) is 9.82. The molecule has 5 heteroatoms. The molecule has 2 aromatic rings. The Hall–Kier alpha value is -2.01. The van der Waals surface area contributed by atoms with Crippen LogP contribution in [-0.4, -0.2) is 41.8 Å². The Labute approximate surface area is 153 Å². The van der Waals surface area contributed by atoms with E-state index in [-0.39, 0.29) is 11.5 Å². The van der Waals surface area contributed by atoms with Gasteiger partial charge < -0.3 is 14.4 Å². The number of hydrogen-bond acceptors (Lipinski definition) is 4. The standard InChI is InChI=1S/C21H25N3O2/c1-4-14-12-10-13-15-9-11-5-6-16(25-3)19-17(11)21(13,7-8-24(15)2)20(26-19)18(12)23-22-14/h5-6,13,15,20H,4,7-10H2,1-3H3,(H,22,23)/t13-,15+,20-,21-/m0/s1. The Bertz CT molecular complexity index is 920. The highest BCUT2D eigenvalue weighted by Gasteiger charge is 2.65. The summed E-state index contributed by atoms with van der Waals surface area (Å²) in [7, 11) is 4.04. The van der Waals surface area contributed by atoms with E-state index in [9.17, 15) is 0 Å². The van der Waals surface area contributed by atoms with Crippen molar-refractivity contribution in [3.05, 3.63) is 40.2 Å². The predicted molar refractivity (Wildman–Crippen MR) is 97.9 cm³/mol. The molecular formula is C21H25N3O2. The molecule has 2 aliphatic carbocycles. The number of H-pyrrole nitrogens is 1. The molecule has 1 N–H and O–H groups in total. The fourth-order valence-corrected chi connectivity index (χ4v) is 6.45. The van der Waals surface area contributed by atoms with Crippen molar-refractivity contribution in [1.29, 1.82) is 0 Å². The van der Waals surface area contributed by atoms with Crippen LogP contribution in [0.1, 0.15) is 47.5 Å². The zero-order valence-electron chi connectivity index (χ0n) is 15.6. The van der Waals surface area contributed by atoms with E-state index in [0.29, 0.717) is 12.0 Å². The lowest BCUT2D eigenvalue weighted by Crippen LogP contribution is -2.62. The Balaban J connectivity index is 1.66. The number of nitrogens with zero attached hydrogens (tertiary/aromatic N) is 2. The number of fused-ring (bicyclic) bond motifs is 2. The molecule has 0 unspecified atom stereocenters. The van der Waals surface area contributed by atoms with Crippen LogP contribution in [0.5, 0.6) is 11.5 Å². The smallest absolute Gasteiger partial charge is 0.166 e. The second-order valence-corrected chi connectivity index (χ2v) is 8.40. The molecule has 0 saturated carbocycles. The second kappa shape index (κ2) is 4.83. The zero-order chi connectivity index (χ0) is 17.6. The minimum absolute atomic E-state index is 0.0469. The SMILES string of the molecule is CCc1n[nH]c2c1C[C@H]1[C@H]3Cc4ccc(OC)c5c4[C@@]1(CCN3C)[C@H]2O5. The summed E-state index contributed by atoms with van der Waals surface area (Å²) in [5.41, 5.74) is 6.80. The zero-order valence-corrected chi connectivity index (χ0v) is 15.6. The van der Waals surface area contributed by atoms with Gasteiger partial charge in [-0.05, 0) is 56.8 Å². The van der Waals surface area contributed by atoms with Gasteiger partial charge in [-0.1, -0.05) is 13.0 Å². The minimum Gasteiger partial charge on any atom is -0.493 e. The van der Waals surface area contributed by atoms with Crippen LogP contribution in [0.25, 0.3) is 0 Å². The van der Waals surface area contributed by atoms with Crippen LogP contribution in [0.15, 0.2) is 12.1 Å². The van der Waals surface area contributed by atoms with Gasteiger partial charge in [0.15, 0.2) is 17.6 Å². The van der Waals surface area contributed by atoms with Gasteiger partial charge in [-0.25, -0.2) is 0 Å². The third-order valence-electron chi connectivity index (χ3n) is 7.60. The molecule has 136 valence electrons. The fourth-order valence-electron chi connectivity index (χ4n) is 6.45. The number of nitrogens with one attached hydrogen (secondary N) is 1. The summed E-state index contributed by atoms with van der Waals surface area (Å²) in [4.78, 5) is 2.58. The second-order valence-electron chi connectivity index (χ2n) is 8.40. The Morgan fingerprint density at radius 2 is 2.27 bits per heavy atom. The quantitative estimate of drug-likeness (QED) is 0.904. The molecular weight excluding hydrogens is 326 g/mol. The lowest BCUT2D eigenvalue weighted by molar-refractivity contribution is -0.0257. The summed E-state index contributed by atoms with van der Waals surface area (Å²) in [6, 6.07) is 4.94. The number of likely N-dealkylation sites (tertiary alicyclic amines) is 1. The van der Waals surface area contributed by atoms with E-state index >= 15 is 0 Å². The highest BCUT2D eigenvalue weighted by Crippen LogP contribution is 2.67. The summed E-state index contributed by atoms with van der Waals surface area (Å²) in [6.45, 7) is 3.32. The van der Waals surface area contributed by atoms with E-state index in [1.165, 1.54) is 28.1 Å². The molecule has 1 spiro atoms. The number of aryl methyl sites for hydroxylation is 1. The van der Waals surface area contributed by atoms with Gasteiger partial charge in [-0.3, -0.25) is 5.10 Å². The lowest BCUT2D eigenvalue weighted by Gasteiger charge is -2.57. The maximum Gasteiger partial charge on any atom is 0.166 e. The molecule has 5 nitrogen and oxygen atoms in total. The van der Waals surface area contributed by atoms with Crippen molar-refractivity contribution in [3.63, 3.8) is 0 Å². The Morgan fingerprint density at radius 1 is 1.38 bits per heavy atom. The molecule has 2 aliphatic heterocycles. The normalized spacial score (nSPS) is 33.4. The first-order valence-electron chi connectivity index (χ1n) is 9.82. The van der Waals surface area contributed by atoms with Crippen LogP contribution in [0, 0.1) is 5.92 Å². The van der Waals surface area contributed by atoms with Crippen molar-refractivity contribution in [3.8, 4) is 11.5 Å². The number of ether oxygens (including phenoxy) is 2. The average molecular weight is 351 g/mol. The van der Waals surface area contributed by atoms with Crippen molar-refractivity contribution >= 4 is 0 Å².